The van der Waals surface area contributed by atoms with Crippen LogP contribution in [0.4, 0.5) is 0 Å². The van der Waals surface area contributed by atoms with Gasteiger partial charge >= 0.3 is 5.97 Å². The quantitative estimate of drug-likeness (QED) is 0.792. The van der Waals surface area contributed by atoms with Gasteiger partial charge in [0, 0.05) is 20.1 Å². The minimum atomic E-state index is -1.04. The Morgan fingerprint density at radius 3 is 2.40 bits per heavy atom. The zero-order valence-corrected chi connectivity index (χ0v) is 12.1. The predicted molar refractivity (Wildman–Crippen MR) is 75.7 cm³/mol. The average molecular weight is 279 g/mol. The molecule has 20 heavy (non-hydrogen) atoms. The van der Waals surface area contributed by atoms with Crippen LogP contribution in [0.15, 0.2) is 18.2 Å². The molecule has 0 bridgehead atoms. The van der Waals surface area contributed by atoms with Crippen LogP contribution in [-0.2, 0) is 20.7 Å². The predicted octanol–water partition coefficient (Wildman–Crippen LogP) is 1.45. The van der Waals surface area contributed by atoms with Gasteiger partial charge in [-0.25, -0.2) is 4.79 Å². The molecular formula is C15H21NO4. The van der Waals surface area contributed by atoms with E-state index in [0.717, 1.165) is 16.7 Å². The van der Waals surface area contributed by atoms with Crippen molar-refractivity contribution in [1.82, 2.24) is 5.32 Å². The second-order valence-corrected chi connectivity index (χ2v) is 4.79. The molecule has 0 aliphatic carbocycles. The van der Waals surface area contributed by atoms with Crippen molar-refractivity contribution in [1.29, 1.82) is 0 Å². The van der Waals surface area contributed by atoms with Crippen LogP contribution in [0.3, 0.4) is 0 Å². The molecule has 0 aliphatic rings. The molecule has 0 aromatic heterocycles. The van der Waals surface area contributed by atoms with E-state index in [1.165, 1.54) is 7.11 Å². The maximum Gasteiger partial charge on any atom is 0.326 e. The van der Waals surface area contributed by atoms with E-state index in [-0.39, 0.29) is 18.7 Å². The van der Waals surface area contributed by atoms with Crippen molar-refractivity contribution < 1.29 is 19.4 Å². The number of rotatable bonds is 7. The Morgan fingerprint density at radius 2 is 1.90 bits per heavy atom. The normalized spacial score (nSPS) is 11.9. The number of carbonyl (C=O) groups is 2. The molecule has 0 fully saturated rings. The third kappa shape index (κ3) is 4.66. The number of aryl methyl sites for hydroxylation is 2. The summed E-state index contributed by atoms with van der Waals surface area (Å²) in [4.78, 5) is 23.0. The van der Waals surface area contributed by atoms with Crippen LogP contribution in [0, 0.1) is 13.8 Å². The first-order valence-corrected chi connectivity index (χ1v) is 6.52. The molecule has 0 saturated heterocycles. The van der Waals surface area contributed by atoms with Gasteiger partial charge in [0.05, 0.1) is 6.42 Å². The highest BCUT2D eigenvalue weighted by Gasteiger charge is 2.20. The smallest absolute Gasteiger partial charge is 0.326 e. The Labute approximate surface area is 118 Å². The van der Waals surface area contributed by atoms with Crippen LogP contribution in [0.5, 0.6) is 0 Å². The number of aliphatic carboxylic acids is 1. The summed E-state index contributed by atoms with van der Waals surface area (Å²) < 4.78 is 4.85. The Morgan fingerprint density at radius 1 is 1.30 bits per heavy atom. The largest absolute Gasteiger partial charge is 0.480 e. The lowest BCUT2D eigenvalue weighted by Crippen LogP contribution is -2.42. The van der Waals surface area contributed by atoms with Gasteiger partial charge in [-0.1, -0.05) is 18.2 Å². The molecule has 0 saturated carbocycles. The van der Waals surface area contributed by atoms with Gasteiger partial charge in [-0.15, -0.1) is 0 Å². The first-order chi connectivity index (χ1) is 9.45. The van der Waals surface area contributed by atoms with Gasteiger partial charge in [0.1, 0.15) is 6.04 Å². The molecule has 1 amide bonds. The monoisotopic (exact) mass is 279 g/mol. The maximum atomic E-state index is 12.0. The number of carboxylic acid groups (broad SMARTS) is 1. The Kier molecular flexibility index (Phi) is 6.18. The summed E-state index contributed by atoms with van der Waals surface area (Å²) in [5, 5.41) is 11.6. The van der Waals surface area contributed by atoms with Crippen molar-refractivity contribution in [3.05, 3.63) is 34.9 Å². The summed E-state index contributed by atoms with van der Waals surface area (Å²) in [7, 11) is 1.50. The number of hydrogen-bond acceptors (Lipinski definition) is 3. The number of methoxy groups -OCH3 is 1. The number of ether oxygens (including phenoxy) is 1. The van der Waals surface area contributed by atoms with Crippen molar-refractivity contribution in [2.45, 2.75) is 32.7 Å². The van der Waals surface area contributed by atoms with E-state index >= 15 is 0 Å². The van der Waals surface area contributed by atoms with Gasteiger partial charge < -0.3 is 15.2 Å². The molecule has 0 spiro atoms. The summed E-state index contributed by atoms with van der Waals surface area (Å²) >= 11 is 0. The zero-order chi connectivity index (χ0) is 15.1. The molecular weight excluding hydrogens is 258 g/mol. The Balaban J connectivity index is 2.68. The molecule has 0 radical (unpaired) electrons. The fourth-order valence-corrected chi connectivity index (χ4v) is 2.03. The van der Waals surface area contributed by atoms with Crippen LogP contribution >= 0.6 is 0 Å². The number of carboxylic acids is 1. The van der Waals surface area contributed by atoms with Crippen molar-refractivity contribution in [3.8, 4) is 0 Å². The topological polar surface area (TPSA) is 75.6 Å². The standard InChI is InChI=1S/C15H21NO4/c1-10-5-4-6-11(2)12(10)9-14(17)16-13(15(18)19)7-8-20-3/h4-6,13H,7-9H2,1-3H3,(H,16,17)(H,18,19). The molecule has 2 N–H and O–H groups in total. The first-order valence-electron chi connectivity index (χ1n) is 6.52. The van der Waals surface area contributed by atoms with Crippen molar-refractivity contribution >= 4 is 11.9 Å². The Bertz CT molecular complexity index is 465. The van der Waals surface area contributed by atoms with Crippen LogP contribution in [0.2, 0.25) is 0 Å². The highest BCUT2D eigenvalue weighted by atomic mass is 16.5. The maximum absolute atomic E-state index is 12.0. The third-order valence-corrected chi connectivity index (χ3v) is 3.23. The van der Waals surface area contributed by atoms with E-state index in [9.17, 15) is 9.59 Å². The summed E-state index contributed by atoms with van der Waals surface area (Å²) in [5.74, 6) is -1.33. The molecule has 1 aromatic carbocycles. The van der Waals surface area contributed by atoms with Gasteiger partial charge in [-0.3, -0.25) is 4.79 Å². The molecule has 1 atom stereocenters. The summed E-state index contributed by atoms with van der Waals surface area (Å²) in [6.07, 6.45) is 0.444. The number of amides is 1. The van der Waals surface area contributed by atoms with E-state index in [0.29, 0.717) is 6.61 Å². The summed E-state index contributed by atoms with van der Waals surface area (Å²) in [6, 6.07) is 4.90. The number of hydrogen-bond donors (Lipinski definition) is 2. The van der Waals surface area contributed by atoms with E-state index in [1.807, 2.05) is 32.0 Å². The average Bonchev–Trinajstić information content (AvgIpc) is 2.38. The third-order valence-electron chi connectivity index (χ3n) is 3.23. The van der Waals surface area contributed by atoms with Gasteiger partial charge in [-0.2, -0.15) is 0 Å². The van der Waals surface area contributed by atoms with E-state index in [4.69, 9.17) is 9.84 Å². The molecule has 0 aliphatic heterocycles. The van der Waals surface area contributed by atoms with Crippen LogP contribution < -0.4 is 5.32 Å². The molecule has 1 rings (SSSR count). The number of benzene rings is 1. The highest BCUT2D eigenvalue weighted by molar-refractivity contribution is 5.85. The van der Waals surface area contributed by atoms with Gasteiger partial charge in [-0.05, 0) is 30.5 Å². The SMILES string of the molecule is COCCC(NC(=O)Cc1c(C)cccc1C)C(=O)O. The van der Waals surface area contributed by atoms with Gasteiger partial charge in [0.15, 0.2) is 0 Å². The summed E-state index contributed by atoms with van der Waals surface area (Å²) in [5.41, 5.74) is 3.01. The zero-order valence-electron chi connectivity index (χ0n) is 12.1. The lowest BCUT2D eigenvalue weighted by Gasteiger charge is -2.15. The van der Waals surface area contributed by atoms with E-state index in [1.54, 1.807) is 0 Å². The van der Waals surface area contributed by atoms with Crippen LogP contribution in [0.25, 0.3) is 0 Å². The lowest BCUT2D eigenvalue weighted by molar-refractivity contribution is -0.142. The van der Waals surface area contributed by atoms with Crippen molar-refractivity contribution in [3.63, 3.8) is 0 Å². The van der Waals surface area contributed by atoms with Crippen molar-refractivity contribution in [2.24, 2.45) is 0 Å². The van der Waals surface area contributed by atoms with Gasteiger partial charge in [0.25, 0.3) is 0 Å². The highest BCUT2D eigenvalue weighted by Crippen LogP contribution is 2.13. The second-order valence-electron chi connectivity index (χ2n) is 4.79. The molecule has 5 nitrogen and oxygen atoms in total. The molecule has 5 heteroatoms. The number of nitrogens with one attached hydrogen (secondary N) is 1. The fraction of sp³-hybridized carbons (Fsp3) is 0.467. The van der Waals surface area contributed by atoms with E-state index in [2.05, 4.69) is 5.32 Å². The fourth-order valence-electron chi connectivity index (χ4n) is 2.03. The molecule has 1 aromatic rings. The Hall–Kier alpha value is -1.88. The van der Waals surface area contributed by atoms with Gasteiger partial charge in [0.2, 0.25) is 5.91 Å². The number of carbonyl (C=O) groups excluding carboxylic acids is 1. The van der Waals surface area contributed by atoms with Crippen molar-refractivity contribution in [2.75, 3.05) is 13.7 Å². The summed E-state index contributed by atoms with van der Waals surface area (Å²) in [6.45, 7) is 4.17. The second kappa shape index (κ2) is 7.65. The van der Waals surface area contributed by atoms with Crippen LogP contribution in [-0.4, -0.2) is 36.7 Å². The lowest BCUT2D eigenvalue weighted by atomic mass is 9.99. The molecule has 110 valence electrons. The first kappa shape index (κ1) is 16.2. The van der Waals surface area contributed by atoms with Crippen LogP contribution in [0.1, 0.15) is 23.1 Å². The molecule has 0 heterocycles. The minimum absolute atomic E-state index is 0.190. The van der Waals surface area contributed by atoms with E-state index < -0.39 is 12.0 Å². The molecule has 1 unspecified atom stereocenters. The minimum Gasteiger partial charge on any atom is -0.480 e.